The molecule has 2 nitrogen and oxygen atoms in total. The first-order valence-electron chi connectivity index (χ1n) is 21.2. The summed E-state index contributed by atoms with van der Waals surface area (Å²) in [6.45, 7) is 4.77. The summed E-state index contributed by atoms with van der Waals surface area (Å²) in [5, 5.41) is 1.31. The van der Waals surface area contributed by atoms with Crippen LogP contribution in [0.1, 0.15) is 25.0 Å². The Hall–Kier alpha value is -7.68. The highest BCUT2D eigenvalue weighted by molar-refractivity contribution is 6.00. The van der Waals surface area contributed by atoms with Crippen LogP contribution in [-0.2, 0) is 5.41 Å². The van der Waals surface area contributed by atoms with Gasteiger partial charge in [-0.15, -0.1) is 0 Å². The second-order valence-electron chi connectivity index (χ2n) is 16.6. The number of aromatic nitrogens is 1. The number of fused-ring (bicyclic) bond motifs is 5. The lowest BCUT2D eigenvalue weighted by molar-refractivity contribution is 0.666. The number of nitrogens with zero attached hydrogens (tertiary/aromatic N) is 2. The highest BCUT2D eigenvalue weighted by Crippen LogP contribution is 2.54. The normalized spacial score (nSPS) is 12.6. The van der Waals surface area contributed by atoms with Crippen LogP contribution >= 0.6 is 0 Å². The predicted molar refractivity (Wildman–Crippen MR) is 257 cm³/mol. The maximum atomic E-state index is 2.49. The maximum Gasteiger partial charge on any atom is 0.0585 e. The third-order valence-corrected chi connectivity index (χ3v) is 12.6. The molecule has 0 N–H and O–H groups in total. The van der Waals surface area contributed by atoms with Crippen molar-refractivity contribution in [3.63, 3.8) is 0 Å². The quantitative estimate of drug-likeness (QED) is 0.149. The SMILES string of the molecule is CC1(C)c2ccc(-c3ccc(N(c4ccc(-c5ccccc5)cc4)c4ccc(-c5ccccc5)cc4)cc3)cc2-c2c1c1ccccc1n2-c1ccc(-c2ccccc2)cc1. The van der Waals surface area contributed by atoms with E-state index in [0.29, 0.717) is 0 Å². The Balaban J connectivity index is 0.982. The van der Waals surface area contributed by atoms with Crippen LogP contribution in [0.3, 0.4) is 0 Å². The van der Waals surface area contributed by atoms with Gasteiger partial charge in [0, 0.05) is 39.1 Å². The van der Waals surface area contributed by atoms with Crippen molar-refractivity contribution in [2.75, 3.05) is 4.90 Å². The molecule has 1 heterocycles. The molecule has 0 bridgehead atoms. The third kappa shape index (κ3) is 6.36. The minimum Gasteiger partial charge on any atom is -0.311 e. The van der Waals surface area contributed by atoms with E-state index in [1.165, 1.54) is 83.5 Å². The monoisotopic (exact) mass is 780 g/mol. The van der Waals surface area contributed by atoms with E-state index in [1.54, 1.807) is 0 Å². The van der Waals surface area contributed by atoms with E-state index in [2.05, 4.69) is 254 Å². The fourth-order valence-corrected chi connectivity index (χ4v) is 9.55. The Kier molecular flexibility index (Phi) is 8.86. The molecule has 11 rings (SSSR count). The summed E-state index contributed by atoms with van der Waals surface area (Å²) in [6, 6.07) is 83.8. The van der Waals surface area contributed by atoms with Crippen molar-refractivity contribution in [1.82, 2.24) is 4.57 Å². The molecule has 2 heteroatoms. The number of hydrogen-bond donors (Lipinski definition) is 0. The fraction of sp³-hybridized carbons (Fsp3) is 0.0508. The van der Waals surface area contributed by atoms with Crippen LogP contribution in [0.5, 0.6) is 0 Å². The number of anilines is 3. The van der Waals surface area contributed by atoms with Crippen LogP contribution < -0.4 is 4.90 Å². The van der Waals surface area contributed by atoms with Gasteiger partial charge in [0.05, 0.1) is 11.2 Å². The summed E-state index contributed by atoms with van der Waals surface area (Å²) in [6.07, 6.45) is 0. The lowest BCUT2D eigenvalue weighted by Gasteiger charge is -2.26. The summed E-state index contributed by atoms with van der Waals surface area (Å²) < 4.78 is 2.49. The zero-order valence-corrected chi connectivity index (χ0v) is 34.3. The average molecular weight is 781 g/mol. The summed E-state index contributed by atoms with van der Waals surface area (Å²) in [5.41, 5.74) is 20.6. The predicted octanol–water partition coefficient (Wildman–Crippen LogP) is 16.1. The van der Waals surface area contributed by atoms with Crippen LogP contribution in [0.15, 0.2) is 231 Å². The minimum atomic E-state index is -0.158. The topological polar surface area (TPSA) is 8.17 Å². The molecule has 0 radical (unpaired) electrons. The molecule has 1 aliphatic rings. The number of benzene rings is 9. The summed E-state index contributed by atoms with van der Waals surface area (Å²) in [7, 11) is 0. The molecule has 10 aromatic rings. The van der Waals surface area contributed by atoms with Crippen LogP contribution in [0.2, 0.25) is 0 Å². The summed E-state index contributed by atoms with van der Waals surface area (Å²) in [5.74, 6) is 0. The molecule has 0 spiro atoms. The Morgan fingerprint density at radius 3 is 1.21 bits per heavy atom. The van der Waals surface area contributed by atoms with Crippen LogP contribution in [-0.4, -0.2) is 4.57 Å². The fourth-order valence-electron chi connectivity index (χ4n) is 9.55. The van der Waals surface area contributed by atoms with Crippen molar-refractivity contribution in [1.29, 1.82) is 0 Å². The maximum absolute atomic E-state index is 2.49. The first-order chi connectivity index (χ1) is 30.0. The van der Waals surface area contributed by atoms with Gasteiger partial charge >= 0.3 is 0 Å². The van der Waals surface area contributed by atoms with E-state index in [4.69, 9.17) is 0 Å². The number of para-hydroxylation sites is 1. The molecule has 0 amide bonds. The van der Waals surface area contributed by atoms with Crippen molar-refractivity contribution in [3.05, 3.63) is 242 Å². The van der Waals surface area contributed by atoms with Gasteiger partial charge in [-0.2, -0.15) is 0 Å². The second-order valence-corrected chi connectivity index (χ2v) is 16.6. The summed E-state index contributed by atoms with van der Waals surface area (Å²) >= 11 is 0. The third-order valence-electron chi connectivity index (χ3n) is 12.6. The molecule has 61 heavy (non-hydrogen) atoms. The van der Waals surface area contributed by atoms with Crippen molar-refractivity contribution in [2.45, 2.75) is 19.3 Å². The Labute approximate surface area is 358 Å². The van der Waals surface area contributed by atoms with Gasteiger partial charge in [0.2, 0.25) is 0 Å². The van der Waals surface area contributed by atoms with Crippen LogP contribution in [0, 0.1) is 0 Å². The van der Waals surface area contributed by atoms with Crippen molar-refractivity contribution in [3.8, 4) is 61.5 Å². The largest absolute Gasteiger partial charge is 0.311 e. The molecule has 0 saturated heterocycles. The van der Waals surface area contributed by atoms with Gasteiger partial charge in [0.1, 0.15) is 0 Å². The Bertz CT molecular complexity index is 3060. The number of hydrogen-bond acceptors (Lipinski definition) is 1. The average Bonchev–Trinajstić information content (AvgIpc) is 3.80. The highest BCUT2D eigenvalue weighted by atomic mass is 15.1. The van der Waals surface area contributed by atoms with E-state index >= 15 is 0 Å². The Morgan fingerprint density at radius 1 is 0.361 bits per heavy atom. The van der Waals surface area contributed by atoms with Crippen LogP contribution in [0.4, 0.5) is 17.1 Å². The van der Waals surface area contributed by atoms with E-state index < -0.39 is 0 Å². The van der Waals surface area contributed by atoms with Crippen LogP contribution in [0.25, 0.3) is 72.4 Å². The zero-order valence-electron chi connectivity index (χ0n) is 34.3. The molecule has 9 aromatic carbocycles. The molecule has 0 saturated carbocycles. The lowest BCUT2D eigenvalue weighted by atomic mass is 9.81. The van der Waals surface area contributed by atoms with Gasteiger partial charge in [-0.05, 0) is 116 Å². The van der Waals surface area contributed by atoms with E-state index in [1.807, 2.05) is 0 Å². The molecular formula is C59H44N2. The second kappa shape index (κ2) is 14.9. The van der Waals surface area contributed by atoms with Gasteiger partial charge in [-0.3, -0.25) is 0 Å². The van der Waals surface area contributed by atoms with Gasteiger partial charge in [-0.1, -0.05) is 184 Å². The first-order valence-corrected chi connectivity index (χ1v) is 21.2. The van der Waals surface area contributed by atoms with E-state index in [0.717, 1.165) is 17.1 Å². The van der Waals surface area contributed by atoms with Gasteiger partial charge in [-0.25, -0.2) is 0 Å². The smallest absolute Gasteiger partial charge is 0.0585 e. The van der Waals surface area contributed by atoms with Gasteiger partial charge in [0.25, 0.3) is 0 Å². The molecule has 1 aromatic heterocycles. The van der Waals surface area contributed by atoms with Gasteiger partial charge < -0.3 is 9.47 Å². The standard InChI is InChI=1S/C59H44N2/c1-59(2)55-39-30-48(40-54(55)58-57(59)53-20-12-13-21-56(53)61(58)52-37-26-46(27-38-52)43-18-10-5-11-19-43)47-28-35-51(36-29-47)60(49-31-22-44(23-32-49)41-14-6-3-7-15-41)50-33-24-45(25-34-50)42-16-8-4-9-17-42/h3-40H,1-2H3. The minimum absolute atomic E-state index is 0.158. The molecule has 0 fully saturated rings. The van der Waals surface area contributed by atoms with Crippen molar-refractivity contribution < 1.29 is 0 Å². The molecule has 0 atom stereocenters. The first kappa shape index (κ1) is 36.4. The van der Waals surface area contributed by atoms with E-state index in [-0.39, 0.29) is 5.41 Å². The highest BCUT2D eigenvalue weighted by Gasteiger charge is 2.40. The Morgan fingerprint density at radius 2 is 0.738 bits per heavy atom. The van der Waals surface area contributed by atoms with Gasteiger partial charge in [0.15, 0.2) is 0 Å². The van der Waals surface area contributed by atoms with E-state index in [9.17, 15) is 0 Å². The molecule has 0 aliphatic heterocycles. The van der Waals surface area contributed by atoms with Crippen molar-refractivity contribution >= 4 is 28.0 Å². The summed E-state index contributed by atoms with van der Waals surface area (Å²) in [4.78, 5) is 2.35. The number of rotatable bonds is 8. The lowest BCUT2D eigenvalue weighted by Crippen LogP contribution is -2.14. The van der Waals surface area contributed by atoms with Crippen molar-refractivity contribution in [2.24, 2.45) is 0 Å². The molecule has 1 aliphatic carbocycles. The zero-order chi connectivity index (χ0) is 40.9. The molecule has 0 unspecified atom stereocenters. The molecule has 290 valence electrons. The molecular weight excluding hydrogens is 737 g/mol.